The van der Waals surface area contributed by atoms with Gasteiger partial charge < -0.3 is 5.11 Å². The zero-order chi connectivity index (χ0) is 9.14. The quantitative estimate of drug-likeness (QED) is 0.819. The molecule has 12 heavy (non-hydrogen) atoms. The van der Waals surface area contributed by atoms with E-state index in [-0.39, 0.29) is 0 Å². The van der Waals surface area contributed by atoms with Crippen LogP contribution in [0.25, 0.3) is 0 Å². The number of aliphatic hydroxyl groups excluding tert-OH is 1. The average molecular weight is 251 g/mol. The molecule has 0 aliphatic rings. The molecule has 0 aromatic carbocycles. The number of halogens is 2. The van der Waals surface area contributed by atoms with Gasteiger partial charge in [-0.2, -0.15) is 0 Å². The first-order valence-corrected chi connectivity index (χ1v) is 4.81. The van der Waals surface area contributed by atoms with Crippen LogP contribution in [0.5, 0.6) is 0 Å². The Hall–Kier alpha value is -0.120. The van der Waals surface area contributed by atoms with E-state index in [1.54, 1.807) is 12.1 Å². The van der Waals surface area contributed by atoms with Gasteiger partial charge in [0.15, 0.2) is 0 Å². The van der Waals surface area contributed by atoms with Crippen molar-refractivity contribution in [2.75, 3.05) is 0 Å². The number of pyridine rings is 1. The van der Waals surface area contributed by atoms with E-state index in [1.165, 1.54) is 0 Å². The highest BCUT2D eigenvalue weighted by Gasteiger charge is 2.06. The minimum atomic E-state index is -0.457. The first-order chi connectivity index (χ1) is 5.63. The SMILES string of the molecule is CC[C@@H](O)c1cc(Cl)nc(Br)c1. The van der Waals surface area contributed by atoms with Crippen LogP contribution in [0.2, 0.25) is 5.15 Å². The summed E-state index contributed by atoms with van der Waals surface area (Å²) in [6.07, 6.45) is 0.217. The smallest absolute Gasteiger partial charge is 0.130 e. The van der Waals surface area contributed by atoms with Gasteiger partial charge in [0.1, 0.15) is 9.76 Å². The van der Waals surface area contributed by atoms with Crippen molar-refractivity contribution in [2.45, 2.75) is 19.4 Å². The van der Waals surface area contributed by atoms with Crippen LogP contribution < -0.4 is 0 Å². The molecule has 0 aliphatic carbocycles. The van der Waals surface area contributed by atoms with E-state index in [2.05, 4.69) is 20.9 Å². The molecule has 1 atom stereocenters. The lowest BCUT2D eigenvalue weighted by Gasteiger charge is -2.07. The molecule has 1 aromatic heterocycles. The van der Waals surface area contributed by atoms with Gasteiger partial charge >= 0.3 is 0 Å². The standard InChI is InChI=1S/C8H9BrClNO/c1-2-6(12)5-3-7(9)11-8(10)4-5/h3-4,6,12H,2H2,1H3/t6-/m1/s1. The van der Waals surface area contributed by atoms with Gasteiger partial charge in [0.2, 0.25) is 0 Å². The summed E-state index contributed by atoms with van der Waals surface area (Å²) in [4.78, 5) is 3.92. The number of nitrogens with zero attached hydrogens (tertiary/aromatic N) is 1. The molecule has 0 radical (unpaired) electrons. The predicted molar refractivity (Wildman–Crippen MR) is 52.2 cm³/mol. The van der Waals surface area contributed by atoms with E-state index in [0.717, 1.165) is 5.56 Å². The fraction of sp³-hybridized carbons (Fsp3) is 0.375. The molecule has 1 N–H and O–H groups in total. The molecule has 0 unspecified atom stereocenters. The number of aliphatic hydroxyl groups is 1. The lowest BCUT2D eigenvalue weighted by molar-refractivity contribution is 0.173. The van der Waals surface area contributed by atoms with Crippen LogP contribution in [0.15, 0.2) is 16.7 Å². The molecule has 4 heteroatoms. The second-order valence-corrected chi connectivity index (χ2v) is 3.67. The van der Waals surface area contributed by atoms with Gasteiger partial charge in [0.25, 0.3) is 0 Å². The molecule has 2 nitrogen and oxygen atoms in total. The number of rotatable bonds is 2. The van der Waals surface area contributed by atoms with Crippen molar-refractivity contribution in [3.8, 4) is 0 Å². The molecule has 1 aromatic rings. The summed E-state index contributed by atoms with van der Waals surface area (Å²) in [6.45, 7) is 1.91. The Morgan fingerprint density at radius 3 is 2.83 bits per heavy atom. The average Bonchev–Trinajstić information content (AvgIpc) is 2.01. The molecule has 0 amide bonds. The number of hydrogen-bond donors (Lipinski definition) is 1. The van der Waals surface area contributed by atoms with Crippen molar-refractivity contribution in [3.63, 3.8) is 0 Å². The zero-order valence-corrected chi connectivity index (χ0v) is 8.93. The Balaban J connectivity index is 3.00. The summed E-state index contributed by atoms with van der Waals surface area (Å²) in [5, 5.41) is 9.87. The Kier molecular flexibility index (Phi) is 3.50. The third kappa shape index (κ3) is 2.44. The summed E-state index contributed by atoms with van der Waals surface area (Å²) in [5.74, 6) is 0. The molecule has 0 saturated heterocycles. The van der Waals surface area contributed by atoms with Crippen molar-refractivity contribution in [3.05, 3.63) is 27.5 Å². The van der Waals surface area contributed by atoms with E-state index in [1.807, 2.05) is 6.92 Å². The molecule has 1 heterocycles. The third-order valence-electron chi connectivity index (χ3n) is 1.56. The molecular formula is C8H9BrClNO. The molecule has 0 fully saturated rings. The maximum atomic E-state index is 9.47. The molecule has 1 rings (SSSR count). The monoisotopic (exact) mass is 249 g/mol. The van der Waals surface area contributed by atoms with E-state index < -0.39 is 6.10 Å². The van der Waals surface area contributed by atoms with E-state index in [4.69, 9.17) is 11.6 Å². The topological polar surface area (TPSA) is 33.1 Å². The minimum Gasteiger partial charge on any atom is -0.388 e. The first-order valence-electron chi connectivity index (χ1n) is 3.64. The fourth-order valence-corrected chi connectivity index (χ4v) is 1.69. The highest BCUT2D eigenvalue weighted by atomic mass is 79.9. The lowest BCUT2D eigenvalue weighted by Crippen LogP contribution is -1.95. The third-order valence-corrected chi connectivity index (χ3v) is 2.16. The van der Waals surface area contributed by atoms with Gasteiger partial charge in [-0.3, -0.25) is 0 Å². The fourth-order valence-electron chi connectivity index (χ4n) is 0.911. The lowest BCUT2D eigenvalue weighted by atomic mass is 10.1. The van der Waals surface area contributed by atoms with Crippen LogP contribution >= 0.6 is 27.5 Å². The maximum Gasteiger partial charge on any atom is 0.130 e. The Morgan fingerprint density at radius 2 is 2.33 bits per heavy atom. The summed E-state index contributed by atoms with van der Waals surface area (Å²) in [5.41, 5.74) is 0.796. The summed E-state index contributed by atoms with van der Waals surface area (Å²) < 4.78 is 0.650. The van der Waals surface area contributed by atoms with Gasteiger partial charge in [0, 0.05) is 0 Å². The molecule has 0 saturated carbocycles. The molecule has 0 aliphatic heterocycles. The van der Waals surface area contributed by atoms with Crippen LogP contribution in [0.1, 0.15) is 25.0 Å². The van der Waals surface area contributed by atoms with Crippen molar-refractivity contribution < 1.29 is 5.11 Å². The van der Waals surface area contributed by atoms with Crippen molar-refractivity contribution in [1.82, 2.24) is 4.98 Å². The van der Waals surface area contributed by atoms with Gasteiger partial charge in [-0.1, -0.05) is 18.5 Å². The molecular weight excluding hydrogens is 241 g/mol. The van der Waals surface area contributed by atoms with Crippen LogP contribution in [-0.2, 0) is 0 Å². The Morgan fingerprint density at radius 1 is 1.67 bits per heavy atom. The van der Waals surface area contributed by atoms with Gasteiger partial charge in [-0.25, -0.2) is 4.98 Å². The van der Waals surface area contributed by atoms with Crippen LogP contribution in [0.3, 0.4) is 0 Å². The van der Waals surface area contributed by atoms with E-state index in [0.29, 0.717) is 16.2 Å². The highest BCUT2D eigenvalue weighted by molar-refractivity contribution is 9.10. The van der Waals surface area contributed by atoms with Crippen molar-refractivity contribution >= 4 is 27.5 Å². The summed E-state index contributed by atoms with van der Waals surface area (Å²) in [6, 6.07) is 3.43. The largest absolute Gasteiger partial charge is 0.388 e. The van der Waals surface area contributed by atoms with Crippen LogP contribution in [0, 0.1) is 0 Å². The van der Waals surface area contributed by atoms with Gasteiger partial charge in [0.05, 0.1) is 6.10 Å². The van der Waals surface area contributed by atoms with E-state index >= 15 is 0 Å². The molecule has 0 bridgehead atoms. The Bertz CT molecular complexity index is 260. The Labute approximate surface area is 84.7 Å². The van der Waals surface area contributed by atoms with Gasteiger partial charge in [-0.15, -0.1) is 0 Å². The van der Waals surface area contributed by atoms with Crippen LogP contribution in [0.4, 0.5) is 0 Å². The normalized spacial score (nSPS) is 13.0. The van der Waals surface area contributed by atoms with Crippen molar-refractivity contribution in [2.24, 2.45) is 0 Å². The number of aromatic nitrogens is 1. The van der Waals surface area contributed by atoms with E-state index in [9.17, 15) is 5.11 Å². The molecule has 66 valence electrons. The maximum absolute atomic E-state index is 9.47. The first kappa shape index (κ1) is 9.96. The summed E-state index contributed by atoms with van der Waals surface area (Å²) in [7, 11) is 0. The molecule has 0 spiro atoms. The van der Waals surface area contributed by atoms with Crippen molar-refractivity contribution in [1.29, 1.82) is 0 Å². The minimum absolute atomic E-state index is 0.395. The zero-order valence-electron chi connectivity index (χ0n) is 6.59. The van der Waals surface area contributed by atoms with Crippen LogP contribution in [-0.4, -0.2) is 10.1 Å². The summed E-state index contributed by atoms with van der Waals surface area (Å²) >= 11 is 8.90. The number of hydrogen-bond acceptors (Lipinski definition) is 2. The second-order valence-electron chi connectivity index (χ2n) is 2.47. The second kappa shape index (κ2) is 4.21. The van der Waals surface area contributed by atoms with Gasteiger partial charge in [-0.05, 0) is 40.0 Å². The highest BCUT2D eigenvalue weighted by Crippen LogP contribution is 2.22. The predicted octanol–water partition coefficient (Wildman–Crippen LogP) is 2.94.